The lowest BCUT2D eigenvalue weighted by Gasteiger charge is -2.26. The Labute approximate surface area is 166 Å². The number of benzene rings is 1. The quantitative estimate of drug-likeness (QED) is 0.572. The first-order valence-electron chi connectivity index (χ1n) is 10.7. The van der Waals surface area contributed by atoms with Crippen molar-refractivity contribution in [2.75, 3.05) is 7.05 Å². The van der Waals surface area contributed by atoms with E-state index in [0.717, 1.165) is 29.1 Å². The van der Waals surface area contributed by atoms with Crippen LogP contribution in [-0.4, -0.2) is 23.0 Å². The van der Waals surface area contributed by atoms with Gasteiger partial charge in [-0.25, -0.2) is 0 Å². The molecule has 1 fully saturated rings. The molecule has 2 aromatic rings. The van der Waals surface area contributed by atoms with Gasteiger partial charge < -0.3 is 4.90 Å². The Morgan fingerprint density at radius 2 is 1.74 bits per heavy atom. The van der Waals surface area contributed by atoms with E-state index in [4.69, 9.17) is 0 Å². The molecule has 4 rings (SSSR count). The molecule has 0 saturated heterocycles. The maximum absolute atomic E-state index is 4.52. The van der Waals surface area contributed by atoms with Crippen LogP contribution in [0.5, 0.6) is 0 Å². The molecule has 1 aliphatic heterocycles. The second kappa shape index (κ2) is 9.39. The molecule has 2 nitrogen and oxygen atoms in total. The standard InChI is InChI=1S/C13H15N.C10H17N.C2H6/c1-9(2)12-8-10(3)14-13-7-5-4-6-11(12)13;1-7(2)10-5-9-4-8(10)6-11(9)3;1-2/h4-9H,1-3H3;6-7,9-10H,4-5H2,1-3H3;1-2H3. The van der Waals surface area contributed by atoms with Gasteiger partial charge in [0.2, 0.25) is 0 Å². The highest BCUT2D eigenvalue weighted by atomic mass is 15.1. The largest absolute Gasteiger partial charge is 0.377 e. The van der Waals surface area contributed by atoms with Crippen LogP contribution in [0.3, 0.4) is 0 Å². The number of fused-ring (bicyclic) bond motifs is 3. The molecule has 27 heavy (non-hydrogen) atoms. The molecule has 2 heterocycles. The molecule has 0 radical (unpaired) electrons. The Bertz CT molecular complexity index is 773. The van der Waals surface area contributed by atoms with Gasteiger partial charge in [-0.2, -0.15) is 0 Å². The molecule has 1 saturated carbocycles. The fourth-order valence-electron chi connectivity index (χ4n) is 4.30. The highest BCUT2D eigenvalue weighted by molar-refractivity contribution is 5.82. The highest BCUT2D eigenvalue weighted by Crippen LogP contribution is 2.43. The number of nitrogens with zero attached hydrogens (tertiary/aromatic N) is 2. The molecule has 0 N–H and O–H groups in total. The van der Waals surface area contributed by atoms with E-state index >= 15 is 0 Å². The van der Waals surface area contributed by atoms with Gasteiger partial charge in [-0.3, -0.25) is 4.98 Å². The predicted octanol–water partition coefficient (Wildman–Crippen LogP) is 6.94. The third-order valence-electron chi connectivity index (χ3n) is 5.72. The summed E-state index contributed by atoms with van der Waals surface area (Å²) in [5.74, 6) is 2.30. The normalized spacial score (nSPS) is 20.4. The van der Waals surface area contributed by atoms with Crippen molar-refractivity contribution in [1.82, 2.24) is 9.88 Å². The van der Waals surface area contributed by atoms with Crippen LogP contribution in [0.1, 0.15) is 71.6 Å². The Hall–Kier alpha value is -1.83. The molecular formula is C25H38N2. The van der Waals surface area contributed by atoms with Gasteiger partial charge in [-0.1, -0.05) is 59.7 Å². The molecule has 2 atom stereocenters. The van der Waals surface area contributed by atoms with Crippen molar-refractivity contribution in [2.45, 2.75) is 73.3 Å². The molecule has 1 aliphatic carbocycles. The predicted molar refractivity (Wildman–Crippen MR) is 119 cm³/mol. The van der Waals surface area contributed by atoms with E-state index in [-0.39, 0.29) is 0 Å². The molecule has 2 bridgehead atoms. The second-order valence-electron chi connectivity index (χ2n) is 8.34. The third-order valence-corrected chi connectivity index (χ3v) is 5.72. The maximum atomic E-state index is 4.52. The van der Waals surface area contributed by atoms with Gasteiger partial charge >= 0.3 is 0 Å². The van der Waals surface area contributed by atoms with Crippen LogP contribution in [0.2, 0.25) is 0 Å². The third kappa shape index (κ3) is 4.91. The number of rotatable bonds is 2. The second-order valence-corrected chi connectivity index (χ2v) is 8.34. The van der Waals surface area contributed by atoms with Gasteiger partial charge in [0.15, 0.2) is 0 Å². The number of pyridine rings is 1. The molecule has 0 amide bonds. The van der Waals surface area contributed by atoms with Gasteiger partial charge in [0.1, 0.15) is 0 Å². The Morgan fingerprint density at radius 1 is 1.07 bits per heavy atom. The average molecular weight is 367 g/mol. The van der Waals surface area contributed by atoms with Crippen LogP contribution in [0, 0.1) is 18.8 Å². The molecule has 1 aromatic carbocycles. The summed E-state index contributed by atoms with van der Waals surface area (Å²) in [5, 5.41) is 1.29. The van der Waals surface area contributed by atoms with Crippen molar-refractivity contribution < 1.29 is 0 Å². The lowest BCUT2D eigenvalue weighted by Crippen LogP contribution is -2.25. The SMILES string of the molecule is CC.CC(C)C1CC2CC1=CN2C.Cc1cc(C(C)C)c2ccccc2n1. The fourth-order valence-corrected chi connectivity index (χ4v) is 4.30. The van der Waals surface area contributed by atoms with Crippen LogP contribution < -0.4 is 0 Å². The van der Waals surface area contributed by atoms with E-state index in [1.807, 2.05) is 19.9 Å². The zero-order valence-corrected chi connectivity index (χ0v) is 18.6. The maximum Gasteiger partial charge on any atom is 0.0708 e. The first kappa shape index (κ1) is 21.5. The van der Waals surface area contributed by atoms with Crippen molar-refractivity contribution in [3.05, 3.63) is 53.4 Å². The Balaban J connectivity index is 0.000000181. The lowest BCUT2D eigenvalue weighted by molar-refractivity contribution is 0.298. The van der Waals surface area contributed by atoms with Gasteiger partial charge in [0.05, 0.1) is 5.52 Å². The molecule has 148 valence electrons. The molecule has 2 unspecified atom stereocenters. The first-order valence-corrected chi connectivity index (χ1v) is 10.7. The highest BCUT2D eigenvalue weighted by Gasteiger charge is 2.37. The number of hydrogen-bond acceptors (Lipinski definition) is 2. The van der Waals surface area contributed by atoms with Gasteiger partial charge in [-0.05, 0) is 67.0 Å². The van der Waals surface area contributed by atoms with Crippen molar-refractivity contribution in [1.29, 1.82) is 0 Å². The molecule has 1 aromatic heterocycles. The minimum Gasteiger partial charge on any atom is -0.377 e. The topological polar surface area (TPSA) is 16.1 Å². The van der Waals surface area contributed by atoms with Crippen molar-refractivity contribution in [2.24, 2.45) is 11.8 Å². The lowest BCUT2D eigenvalue weighted by atomic mass is 9.90. The zero-order chi connectivity index (χ0) is 20.1. The number of aryl methyl sites for hydroxylation is 1. The fraction of sp³-hybridized carbons (Fsp3) is 0.560. The molecular weight excluding hydrogens is 328 g/mol. The van der Waals surface area contributed by atoms with E-state index < -0.39 is 0 Å². The number of aromatic nitrogens is 1. The summed E-state index contributed by atoms with van der Waals surface area (Å²) in [7, 11) is 2.20. The zero-order valence-electron chi connectivity index (χ0n) is 18.6. The van der Waals surface area contributed by atoms with E-state index in [0.29, 0.717) is 5.92 Å². The van der Waals surface area contributed by atoms with E-state index in [1.165, 1.54) is 23.8 Å². The van der Waals surface area contributed by atoms with Crippen LogP contribution in [0.15, 0.2) is 42.1 Å². The minimum absolute atomic E-state index is 0.557. The van der Waals surface area contributed by atoms with E-state index in [1.54, 1.807) is 5.57 Å². The minimum atomic E-state index is 0.557. The first-order chi connectivity index (χ1) is 12.9. The summed E-state index contributed by atoms with van der Waals surface area (Å²) in [6, 6.07) is 11.4. The Morgan fingerprint density at radius 3 is 2.26 bits per heavy atom. The van der Waals surface area contributed by atoms with Crippen LogP contribution in [-0.2, 0) is 0 Å². The Kier molecular flexibility index (Phi) is 7.47. The monoisotopic (exact) mass is 366 g/mol. The van der Waals surface area contributed by atoms with Crippen molar-refractivity contribution >= 4 is 10.9 Å². The molecule has 2 heteroatoms. The van der Waals surface area contributed by atoms with Crippen molar-refractivity contribution in [3.63, 3.8) is 0 Å². The number of para-hydroxylation sites is 1. The summed E-state index contributed by atoms with van der Waals surface area (Å²) in [5.41, 5.74) is 5.31. The summed E-state index contributed by atoms with van der Waals surface area (Å²) in [6.07, 6.45) is 5.11. The van der Waals surface area contributed by atoms with E-state index in [9.17, 15) is 0 Å². The van der Waals surface area contributed by atoms with Gasteiger partial charge in [0, 0.05) is 24.2 Å². The van der Waals surface area contributed by atoms with Gasteiger partial charge in [-0.15, -0.1) is 0 Å². The van der Waals surface area contributed by atoms with E-state index in [2.05, 4.69) is 82.0 Å². The van der Waals surface area contributed by atoms with Crippen LogP contribution >= 0.6 is 0 Å². The molecule has 0 spiro atoms. The number of hydrogen-bond donors (Lipinski definition) is 0. The van der Waals surface area contributed by atoms with Crippen LogP contribution in [0.25, 0.3) is 10.9 Å². The summed E-state index contributed by atoms with van der Waals surface area (Å²) >= 11 is 0. The molecule has 2 aliphatic rings. The summed E-state index contributed by atoms with van der Waals surface area (Å²) < 4.78 is 0. The van der Waals surface area contributed by atoms with Crippen molar-refractivity contribution in [3.8, 4) is 0 Å². The smallest absolute Gasteiger partial charge is 0.0708 e. The average Bonchev–Trinajstić information content (AvgIpc) is 3.22. The van der Waals surface area contributed by atoms with Crippen LogP contribution in [0.4, 0.5) is 0 Å². The summed E-state index contributed by atoms with van der Waals surface area (Å²) in [4.78, 5) is 6.90. The summed E-state index contributed by atoms with van der Waals surface area (Å²) in [6.45, 7) is 15.2. The van der Waals surface area contributed by atoms with Gasteiger partial charge in [0.25, 0.3) is 0 Å².